The molecule has 0 fully saturated rings. The van der Waals surface area contributed by atoms with E-state index in [2.05, 4.69) is 4.98 Å². The Labute approximate surface area is 191 Å². The SMILES string of the molecule is CCOc1ccc(S(=O)(=O)c2c(C(=O)c3ccc(CC)cc3)cnc3ccc(F)cc23)cc1. The Morgan fingerprint density at radius 1 is 0.970 bits per heavy atom. The monoisotopic (exact) mass is 463 g/mol. The first-order valence-corrected chi connectivity index (χ1v) is 12.0. The zero-order valence-electron chi connectivity index (χ0n) is 18.2. The number of aromatic nitrogens is 1. The van der Waals surface area contributed by atoms with Crippen molar-refractivity contribution in [2.24, 2.45) is 0 Å². The number of halogens is 1. The number of benzene rings is 3. The molecule has 33 heavy (non-hydrogen) atoms. The minimum absolute atomic E-state index is 0.0295. The normalized spacial score (nSPS) is 11.5. The number of pyridine rings is 1. The van der Waals surface area contributed by atoms with E-state index >= 15 is 0 Å². The Balaban J connectivity index is 1.94. The third-order valence-corrected chi connectivity index (χ3v) is 7.23. The molecule has 0 aliphatic rings. The number of rotatable bonds is 7. The maximum absolute atomic E-state index is 14.2. The minimum atomic E-state index is -4.19. The van der Waals surface area contributed by atoms with Gasteiger partial charge in [-0.3, -0.25) is 9.78 Å². The van der Waals surface area contributed by atoms with Crippen LogP contribution in [0.2, 0.25) is 0 Å². The molecule has 1 aromatic heterocycles. The Morgan fingerprint density at radius 3 is 2.30 bits per heavy atom. The predicted molar refractivity (Wildman–Crippen MR) is 124 cm³/mol. The van der Waals surface area contributed by atoms with Crippen molar-refractivity contribution in [1.29, 1.82) is 0 Å². The van der Waals surface area contributed by atoms with Crippen molar-refractivity contribution in [2.45, 2.75) is 30.1 Å². The third-order valence-electron chi connectivity index (χ3n) is 5.36. The van der Waals surface area contributed by atoms with Gasteiger partial charge in [-0.2, -0.15) is 0 Å². The average Bonchev–Trinajstić information content (AvgIpc) is 2.83. The van der Waals surface area contributed by atoms with Crippen LogP contribution in [0.25, 0.3) is 10.9 Å². The molecule has 0 unspecified atom stereocenters. The van der Waals surface area contributed by atoms with Crippen molar-refractivity contribution in [2.75, 3.05) is 6.61 Å². The molecule has 0 aliphatic heterocycles. The van der Waals surface area contributed by atoms with Gasteiger partial charge in [-0.05, 0) is 61.4 Å². The van der Waals surface area contributed by atoms with Gasteiger partial charge in [0, 0.05) is 17.1 Å². The number of carbonyl (C=O) groups excluding carboxylic acids is 1. The number of aryl methyl sites for hydroxylation is 1. The first-order chi connectivity index (χ1) is 15.8. The van der Waals surface area contributed by atoms with Crippen LogP contribution in [0.15, 0.2) is 82.7 Å². The third kappa shape index (κ3) is 4.36. The standard InChI is InChI=1S/C26H22FNO4S/c1-3-17-5-7-18(8-6-17)25(29)23-16-28-24-14-9-19(27)15-22(24)26(23)33(30,31)21-12-10-20(11-13-21)32-4-2/h5-16H,3-4H2,1-2H3. The van der Waals surface area contributed by atoms with Crippen molar-refractivity contribution in [3.63, 3.8) is 0 Å². The van der Waals surface area contributed by atoms with Gasteiger partial charge in [0.2, 0.25) is 9.84 Å². The van der Waals surface area contributed by atoms with E-state index in [9.17, 15) is 17.6 Å². The summed E-state index contributed by atoms with van der Waals surface area (Å²) < 4.78 is 47.0. The molecule has 0 spiro atoms. The summed E-state index contributed by atoms with van der Waals surface area (Å²) in [7, 11) is -4.19. The highest BCUT2D eigenvalue weighted by Gasteiger charge is 2.28. The van der Waals surface area contributed by atoms with Crippen LogP contribution in [-0.2, 0) is 16.3 Å². The van der Waals surface area contributed by atoms with E-state index in [4.69, 9.17) is 4.74 Å². The van der Waals surface area contributed by atoms with Gasteiger partial charge in [-0.1, -0.05) is 31.2 Å². The highest BCUT2D eigenvalue weighted by molar-refractivity contribution is 7.91. The summed E-state index contributed by atoms with van der Waals surface area (Å²) in [5, 5.41) is 0.0555. The second-order valence-corrected chi connectivity index (χ2v) is 9.34. The first-order valence-electron chi connectivity index (χ1n) is 10.5. The summed E-state index contributed by atoms with van der Waals surface area (Å²) in [6.45, 7) is 4.27. The minimum Gasteiger partial charge on any atom is -0.494 e. The number of hydrogen-bond donors (Lipinski definition) is 0. The van der Waals surface area contributed by atoms with E-state index in [0.29, 0.717) is 17.9 Å². The van der Waals surface area contributed by atoms with Gasteiger partial charge in [0.15, 0.2) is 5.78 Å². The van der Waals surface area contributed by atoms with Gasteiger partial charge in [0.25, 0.3) is 0 Å². The molecule has 0 bridgehead atoms. The zero-order chi connectivity index (χ0) is 23.6. The van der Waals surface area contributed by atoms with E-state index < -0.39 is 21.4 Å². The molecule has 0 amide bonds. The summed E-state index contributed by atoms with van der Waals surface area (Å²) in [6.07, 6.45) is 2.06. The van der Waals surface area contributed by atoms with Crippen LogP contribution in [0.1, 0.15) is 35.3 Å². The Hall–Kier alpha value is -3.58. The van der Waals surface area contributed by atoms with Crippen LogP contribution in [0.3, 0.4) is 0 Å². The van der Waals surface area contributed by atoms with Crippen molar-refractivity contribution < 1.29 is 22.3 Å². The van der Waals surface area contributed by atoms with Gasteiger partial charge >= 0.3 is 0 Å². The van der Waals surface area contributed by atoms with Crippen LogP contribution in [0.4, 0.5) is 4.39 Å². The Bertz CT molecular complexity index is 1430. The second-order valence-electron chi connectivity index (χ2n) is 7.45. The number of fused-ring (bicyclic) bond motifs is 1. The number of hydrogen-bond acceptors (Lipinski definition) is 5. The Kier molecular flexibility index (Phi) is 6.24. The molecule has 0 N–H and O–H groups in total. The van der Waals surface area contributed by atoms with Crippen LogP contribution < -0.4 is 4.74 Å². The predicted octanol–water partition coefficient (Wildman–Crippen LogP) is 5.40. The molecule has 4 rings (SSSR count). The largest absolute Gasteiger partial charge is 0.494 e. The van der Waals surface area contributed by atoms with Crippen molar-refractivity contribution in [1.82, 2.24) is 4.98 Å². The molecule has 1 heterocycles. The molecular weight excluding hydrogens is 441 g/mol. The maximum atomic E-state index is 14.2. The number of ether oxygens (including phenoxy) is 1. The fourth-order valence-corrected chi connectivity index (χ4v) is 5.26. The molecule has 0 radical (unpaired) electrons. The van der Waals surface area contributed by atoms with Crippen LogP contribution >= 0.6 is 0 Å². The Morgan fingerprint density at radius 2 is 1.67 bits per heavy atom. The summed E-state index contributed by atoms with van der Waals surface area (Å²) in [5.74, 6) is -0.598. The lowest BCUT2D eigenvalue weighted by Gasteiger charge is -2.14. The lowest BCUT2D eigenvalue weighted by atomic mass is 10.0. The van der Waals surface area contributed by atoms with Crippen LogP contribution in [0, 0.1) is 5.82 Å². The van der Waals surface area contributed by atoms with Gasteiger partial charge < -0.3 is 4.74 Å². The zero-order valence-corrected chi connectivity index (χ0v) is 19.0. The molecule has 4 aromatic rings. The molecule has 0 atom stereocenters. The highest BCUT2D eigenvalue weighted by atomic mass is 32.2. The fourth-order valence-electron chi connectivity index (χ4n) is 3.64. The summed E-state index contributed by atoms with van der Waals surface area (Å²) in [5.41, 5.74) is 1.55. The smallest absolute Gasteiger partial charge is 0.208 e. The number of carbonyl (C=O) groups is 1. The maximum Gasteiger partial charge on any atom is 0.208 e. The summed E-state index contributed by atoms with van der Waals surface area (Å²) >= 11 is 0. The molecule has 0 aliphatic carbocycles. The number of sulfone groups is 1. The molecule has 5 nitrogen and oxygen atoms in total. The van der Waals surface area contributed by atoms with E-state index in [1.807, 2.05) is 26.0 Å². The summed E-state index contributed by atoms with van der Waals surface area (Å²) in [6, 6.07) is 16.6. The first kappa shape index (κ1) is 22.6. The fraction of sp³-hybridized carbons (Fsp3) is 0.154. The molecule has 168 valence electrons. The lowest BCUT2D eigenvalue weighted by Crippen LogP contribution is -2.13. The van der Waals surface area contributed by atoms with Crippen molar-refractivity contribution in [3.05, 3.63) is 95.4 Å². The topological polar surface area (TPSA) is 73.3 Å². The molecule has 0 saturated carbocycles. The molecular formula is C26H22FNO4S. The van der Waals surface area contributed by atoms with E-state index in [1.165, 1.54) is 30.5 Å². The van der Waals surface area contributed by atoms with Crippen molar-refractivity contribution in [3.8, 4) is 5.75 Å². The second kappa shape index (κ2) is 9.11. The number of ketones is 1. The van der Waals surface area contributed by atoms with E-state index in [0.717, 1.165) is 18.1 Å². The highest BCUT2D eigenvalue weighted by Crippen LogP contribution is 2.33. The quantitative estimate of drug-likeness (QED) is 0.343. The van der Waals surface area contributed by atoms with Crippen molar-refractivity contribution >= 4 is 26.5 Å². The summed E-state index contributed by atoms with van der Waals surface area (Å²) in [4.78, 5) is 17.3. The van der Waals surface area contributed by atoms with Gasteiger partial charge in [0.05, 0.1) is 27.5 Å². The lowest BCUT2D eigenvalue weighted by molar-refractivity contribution is 0.103. The molecule has 7 heteroatoms. The van der Waals surface area contributed by atoms with E-state index in [-0.39, 0.29) is 26.3 Å². The van der Waals surface area contributed by atoms with Gasteiger partial charge in [-0.15, -0.1) is 0 Å². The van der Waals surface area contributed by atoms with Gasteiger partial charge in [0.1, 0.15) is 11.6 Å². The van der Waals surface area contributed by atoms with Crippen LogP contribution in [-0.4, -0.2) is 25.8 Å². The van der Waals surface area contributed by atoms with Crippen LogP contribution in [0.5, 0.6) is 5.75 Å². The number of nitrogens with zero attached hydrogens (tertiary/aromatic N) is 1. The van der Waals surface area contributed by atoms with Gasteiger partial charge in [-0.25, -0.2) is 12.8 Å². The van der Waals surface area contributed by atoms with E-state index in [1.54, 1.807) is 24.3 Å². The molecule has 3 aromatic carbocycles. The average molecular weight is 464 g/mol. The molecule has 0 saturated heterocycles.